The van der Waals surface area contributed by atoms with Gasteiger partial charge in [-0.25, -0.2) is 14.8 Å². The van der Waals surface area contributed by atoms with Gasteiger partial charge in [-0.15, -0.1) is 0 Å². The summed E-state index contributed by atoms with van der Waals surface area (Å²) in [6.07, 6.45) is 2.49. The van der Waals surface area contributed by atoms with Gasteiger partial charge in [-0.3, -0.25) is 0 Å². The molecule has 0 spiro atoms. The van der Waals surface area contributed by atoms with Crippen LogP contribution in [0.15, 0.2) is 22.7 Å². The number of unbranched alkanes of at least 4 members (excludes halogenated alkanes) is 1. The first-order chi connectivity index (χ1) is 13.7. The molecule has 0 aliphatic heterocycles. The number of rotatable bonds is 6. The van der Waals surface area contributed by atoms with Crippen molar-refractivity contribution < 1.29 is 9.53 Å². The minimum atomic E-state index is -0.424. The number of carbonyl (C=O) groups excluding carboxylic acids is 1. The first kappa shape index (κ1) is 21.4. The topological polar surface area (TPSA) is 95.1 Å². The number of ether oxygens (including phenoxy) is 1. The standard InChI is InChI=1S/C21H28BrN5O2/c1-5-6-7-16-25-17-18(14-9-8-13(22)12-15(14)24-19(17)23)27(16)10-11-29-20(28)26-21(2,3)4/h8-9,12H,5-7,10-11H2,1-4H3,(H2,23,24)(H,26,28). The molecule has 1 amide bonds. The zero-order valence-corrected chi connectivity index (χ0v) is 19.0. The van der Waals surface area contributed by atoms with Crippen molar-refractivity contribution in [3.8, 4) is 0 Å². The molecule has 0 fully saturated rings. The minimum absolute atomic E-state index is 0.243. The molecule has 2 heterocycles. The van der Waals surface area contributed by atoms with E-state index in [1.807, 2.05) is 39.0 Å². The quantitative estimate of drug-likeness (QED) is 0.549. The highest BCUT2D eigenvalue weighted by atomic mass is 79.9. The fourth-order valence-electron chi connectivity index (χ4n) is 3.27. The monoisotopic (exact) mass is 461 g/mol. The lowest BCUT2D eigenvalue weighted by molar-refractivity contribution is 0.133. The number of pyridine rings is 1. The van der Waals surface area contributed by atoms with Crippen LogP contribution < -0.4 is 11.1 Å². The van der Waals surface area contributed by atoms with Crippen molar-refractivity contribution in [1.82, 2.24) is 19.9 Å². The van der Waals surface area contributed by atoms with Crippen LogP contribution in [-0.2, 0) is 17.7 Å². The first-order valence-corrected chi connectivity index (χ1v) is 10.7. The van der Waals surface area contributed by atoms with Crippen molar-refractivity contribution in [3.05, 3.63) is 28.5 Å². The second-order valence-corrected chi connectivity index (χ2v) is 9.07. The number of nitrogens with zero attached hydrogens (tertiary/aromatic N) is 3. The number of fused-ring (bicyclic) bond motifs is 3. The molecule has 7 nitrogen and oxygen atoms in total. The van der Waals surface area contributed by atoms with Crippen molar-refractivity contribution in [3.63, 3.8) is 0 Å². The molecule has 2 aromatic heterocycles. The van der Waals surface area contributed by atoms with E-state index in [1.54, 1.807) is 0 Å². The maximum atomic E-state index is 12.0. The van der Waals surface area contributed by atoms with Crippen molar-refractivity contribution in [2.75, 3.05) is 12.3 Å². The van der Waals surface area contributed by atoms with Gasteiger partial charge in [-0.1, -0.05) is 29.3 Å². The molecule has 0 saturated carbocycles. The number of carbonyl (C=O) groups is 1. The Bertz CT molecular complexity index is 1040. The number of aryl methyl sites for hydroxylation is 1. The normalized spacial score (nSPS) is 11.9. The molecular formula is C21H28BrN5O2. The van der Waals surface area contributed by atoms with Gasteiger partial charge in [0.2, 0.25) is 0 Å². The highest BCUT2D eigenvalue weighted by Crippen LogP contribution is 2.30. The first-order valence-electron chi connectivity index (χ1n) is 9.88. The second kappa shape index (κ2) is 8.57. The maximum absolute atomic E-state index is 12.0. The summed E-state index contributed by atoms with van der Waals surface area (Å²) < 4.78 is 8.46. The van der Waals surface area contributed by atoms with Crippen molar-refractivity contribution in [2.24, 2.45) is 0 Å². The third-order valence-corrected chi connectivity index (χ3v) is 5.02. The third kappa shape index (κ3) is 4.98. The molecule has 0 unspecified atom stereocenters. The van der Waals surface area contributed by atoms with Crippen LogP contribution in [0, 0.1) is 0 Å². The molecule has 29 heavy (non-hydrogen) atoms. The summed E-state index contributed by atoms with van der Waals surface area (Å²) in [6.45, 7) is 8.64. The number of halogens is 1. The van der Waals surface area contributed by atoms with Crippen LogP contribution in [0.4, 0.5) is 10.6 Å². The Labute approximate surface area is 179 Å². The molecule has 0 radical (unpaired) electrons. The van der Waals surface area contributed by atoms with E-state index in [0.29, 0.717) is 17.9 Å². The molecule has 3 aromatic rings. The predicted octanol–water partition coefficient (Wildman–Crippen LogP) is 4.80. The molecule has 0 aliphatic carbocycles. The summed E-state index contributed by atoms with van der Waals surface area (Å²) in [5, 5.41) is 3.79. The number of aromatic nitrogens is 3. The lowest BCUT2D eigenvalue weighted by Crippen LogP contribution is -2.41. The van der Waals surface area contributed by atoms with E-state index in [0.717, 1.165) is 46.0 Å². The van der Waals surface area contributed by atoms with Gasteiger partial charge < -0.3 is 20.4 Å². The number of anilines is 1. The Morgan fingerprint density at radius 1 is 1.31 bits per heavy atom. The molecule has 1 aromatic carbocycles. The average Bonchev–Trinajstić information content (AvgIpc) is 2.97. The van der Waals surface area contributed by atoms with E-state index in [9.17, 15) is 4.79 Å². The Kier molecular flexibility index (Phi) is 6.31. The van der Waals surface area contributed by atoms with E-state index >= 15 is 0 Å². The maximum Gasteiger partial charge on any atom is 0.407 e. The molecule has 3 rings (SSSR count). The number of imidazole rings is 1. The predicted molar refractivity (Wildman–Crippen MR) is 120 cm³/mol. The molecular weight excluding hydrogens is 434 g/mol. The summed E-state index contributed by atoms with van der Waals surface area (Å²) >= 11 is 3.49. The van der Waals surface area contributed by atoms with E-state index in [4.69, 9.17) is 15.5 Å². The van der Waals surface area contributed by atoms with Gasteiger partial charge in [-0.05, 0) is 45.4 Å². The number of alkyl carbamates (subject to hydrolysis) is 1. The molecule has 0 atom stereocenters. The smallest absolute Gasteiger partial charge is 0.407 e. The van der Waals surface area contributed by atoms with Crippen molar-refractivity contribution in [1.29, 1.82) is 0 Å². The number of hydrogen-bond acceptors (Lipinski definition) is 5. The molecule has 8 heteroatoms. The number of benzene rings is 1. The Morgan fingerprint density at radius 3 is 2.76 bits per heavy atom. The fourth-order valence-corrected chi connectivity index (χ4v) is 3.62. The summed E-state index contributed by atoms with van der Waals surface area (Å²) in [6, 6.07) is 5.95. The second-order valence-electron chi connectivity index (χ2n) is 8.15. The van der Waals surface area contributed by atoms with E-state index in [-0.39, 0.29) is 12.1 Å². The van der Waals surface area contributed by atoms with Gasteiger partial charge >= 0.3 is 6.09 Å². The number of nitrogen functional groups attached to an aromatic ring is 1. The zero-order chi connectivity index (χ0) is 21.2. The van der Waals surface area contributed by atoms with Gasteiger partial charge in [0.15, 0.2) is 5.82 Å². The molecule has 0 bridgehead atoms. The number of nitrogens with two attached hydrogens (primary N) is 1. The van der Waals surface area contributed by atoms with Gasteiger partial charge in [0.25, 0.3) is 0 Å². The SMILES string of the molecule is CCCCc1nc2c(N)nc3cc(Br)ccc3c2n1CCOC(=O)NC(C)(C)C. The number of amides is 1. The molecule has 3 N–H and O–H groups in total. The fraction of sp³-hybridized carbons (Fsp3) is 0.476. The van der Waals surface area contributed by atoms with Crippen molar-refractivity contribution in [2.45, 2.75) is 59.0 Å². The van der Waals surface area contributed by atoms with Crippen LogP contribution in [0.5, 0.6) is 0 Å². The van der Waals surface area contributed by atoms with Gasteiger partial charge in [0.05, 0.1) is 17.6 Å². The summed E-state index contributed by atoms with van der Waals surface area (Å²) in [5.41, 5.74) is 8.33. The van der Waals surface area contributed by atoms with Crippen LogP contribution in [0.25, 0.3) is 21.9 Å². The van der Waals surface area contributed by atoms with E-state index in [2.05, 4.69) is 37.7 Å². The number of nitrogens with one attached hydrogen (secondary N) is 1. The van der Waals surface area contributed by atoms with Crippen LogP contribution >= 0.6 is 15.9 Å². The Morgan fingerprint density at radius 2 is 2.07 bits per heavy atom. The largest absolute Gasteiger partial charge is 0.448 e. The minimum Gasteiger partial charge on any atom is -0.448 e. The van der Waals surface area contributed by atoms with Crippen molar-refractivity contribution >= 4 is 49.8 Å². The lowest BCUT2D eigenvalue weighted by Gasteiger charge is -2.20. The number of hydrogen-bond donors (Lipinski definition) is 2. The third-order valence-electron chi connectivity index (χ3n) is 4.52. The Balaban J connectivity index is 1.98. The highest BCUT2D eigenvalue weighted by molar-refractivity contribution is 9.10. The highest BCUT2D eigenvalue weighted by Gasteiger charge is 2.18. The molecule has 0 aliphatic rings. The van der Waals surface area contributed by atoms with E-state index in [1.165, 1.54) is 0 Å². The van der Waals surface area contributed by atoms with Crippen LogP contribution in [-0.4, -0.2) is 32.8 Å². The van der Waals surface area contributed by atoms with Crippen LogP contribution in [0.2, 0.25) is 0 Å². The summed E-state index contributed by atoms with van der Waals surface area (Å²) in [4.78, 5) is 21.3. The van der Waals surface area contributed by atoms with Crippen LogP contribution in [0.1, 0.15) is 46.4 Å². The van der Waals surface area contributed by atoms with Crippen LogP contribution in [0.3, 0.4) is 0 Å². The zero-order valence-electron chi connectivity index (χ0n) is 17.4. The molecule has 156 valence electrons. The summed E-state index contributed by atoms with van der Waals surface area (Å²) in [7, 11) is 0. The average molecular weight is 462 g/mol. The lowest BCUT2D eigenvalue weighted by atomic mass is 10.1. The van der Waals surface area contributed by atoms with E-state index < -0.39 is 6.09 Å². The van der Waals surface area contributed by atoms with Gasteiger partial charge in [0.1, 0.15) is 17.9 Å². The van der Waals surface area contributed by atoms with Gasteiger partial charge in [0, 0.05) is 21.8 Å². The van der Waals surface area contributed by atoms with Gasteiger partial charge in [-0.2, -0.15) is 0 Å². The molecule has 0 saturated heterocycles. The summed E-state index contributed by atoms with van der Waals surface area (Å²) in [5.74, 6) is 1.35. The Hall–Kier alpha value is -2.35.